The number of piperidine rings is 1. The molecule has 2 amide bonds. The molecule has 1 aromatic heterocycles. The predicted octanol–water partition coefficient (Wildman–Crippen LogP) is 1.69. The van der Waals surface area contributed by atoms with Gasteiger partial charge in [-0.25, -0.2) is 0 Å². The Morgan fingerprint density at radius 2 is 2.00 bits per heavy atom. The van der Waals surface area contributed by atoms with Crippen LogP contribution in [0.2, 0.25) is 0 Å². The van der Waals surface area contributed by atoms with Crippen molar-refractivity contribution in [1.82, 2.24) is 20.4 Å². The summed E-state index contributed by atoms with van der Waals surface area (Å²) in [7, 11) is 0. The summed E-state index contributed by atoms with van der Waals surface area (Å²) in [6.45, 7) is 2.22. The van der Waals surface area contributed by atoms with Crippen LogP contribution in [0.25, 0.3) is 0 Å². The van der Waals surface area contributed by atoms with Crippen LogP contribution in [0.4, 0.5) is 5.69 Å². The van der Waals surface area contributed by atoms with Crippen molar-refractivity contribution in [3.8, 4) is 0 Å². The first-order chi connectivity index (χ1) is 12.1. The van der Waals surface area contributed by atoms with Crippen LogP contribution in [0, 0.1) is 11.3 Å². The number of carbonyl (C=O) groups excluding carboxylic acids is 2. The van der Waals surface area contributed by atoms with E-state index in [4.69, 9.17) is 0 Å². The highest BCUT2D eigenvalue weighted by Crippen LogP contribution is 2.58. The van der Waals surface area contributed by atoms with Gasteiger partial charge in [0.25, 0.3) is 0 Å². The van der Waals surface area contributed by atoms with E-state index >= 15 is 0 Å². The minimum absolute atomic E-state index is 0. The van der Waals surface area contributed by atoms with Crippen LogP contribution in [-0.4, -0.2) is 40.7 Å². The number of amides is 2. The Labute approximate surface area is 160 Å². The second kappa shape index (κ2) is 7.96. The molecule has 0 aromatic carbocycles. The predicted molar refractivity (Wildman–Crippen MR) is 101 cm³/mol. The number of anilines is 1. The van der Waals surface area contributed by atoms with Gasteiger partial charge in [-0.1, -0.05) is 12.8 Å². The average Bonchev–Trinajstić information content (AvgIpc) is 2.94. The molecule has 1 aliphatic heterocycles. The molecular formula is C18H28ClN5O2. The Morgan fingerprint density at radius 1 is 1.27 bits per heavy atom. The molecule has 1 saturated heterocycles. The van der Waals surface area contributed by atoms with Gasteiger partial charge in [-0.05, 0) is 50.6 Å². The van der Waals surface area contributed by atoms with Gasteiger partial charge in [0.1, 0.15) is 6.54 Å². The number of nitrogens with zero attached hydrogens (tertiary/aromatic N) is 2. The molecule has 2 saturated carbocycles. The molecule has 7 nitrogen and oxygen atoms in total. The summed E-state index contributed by atoms with van der Waals surface area (Å²) in [4.78, 5) is 24.5. The van der Waals surface area contributed by atoms with E-state index < -0.39 is 0 Å². The van der Waals surface area contributed by atoms with E-state index in [0.717, 1.165) is 45.2 Å². The summed E-state index contributed by atoms with van der Waals surface area (Å²) in [5.74, 6) is 0.212. The van der Waals surface area contributed by atoms with Gasteiger partial charge < -0.3 is 16.0 Å². The minimum Gasteiger partial charge on any atom is -0.352 e. The smallest absolute Gasteiger partial charge is 0.241 e. The number of halogens is 1. The van der Waals surface area contributed by atoms with Gasteiger partial charge >= 0.3 is 0 Å². The van der Waals surface area contributed by atoms with Gasteiger partial charge in [-0.15, -0.1) is 12.4 Å². The number of hydrogen-bond acceptors (Lipinski definition) is 4. The molecule has 3 fully saturated rings. The van der Waals surface area contributed by atoms with E-state index in [0.29, 0.717) is 11.7 Å². The van der Waals surface area contributed by atoms with E-state index in [1.54, 1.807) is 17.1 Å². The number of nitrogens with one attached hydrogen (secondary N) is 3. The van der Waals surface area contributed by atoms with E-state index in [1.807, 2.05) is 0 Å². The van der Waals surface area contributed by atoms with Crippen LogP contribution in [0.5, 0.6) is 0 Å². The van der Waals surface area contributed by atoms with Gasteiger partial charge in [-0.3, -0.25) is 14.3 Å². The summed E-state index contributed by atoms with van der Waals surface area (Å²) >= 11 is 0. The molecular weight excluding hydrogens is 354 g/mol. The maximum absolute atomic E-state index is 12.5. The van der Waals surface area contributed by atoms with Gasteiger partial charge in [0, 0.05) is 18.2 Å². The average molecular weight is 382 g/mol. The lowest BCUT2D eigenvalue weighted by molar-refractivity contribution is -0.122. The van der Waals surface area contributed by atoms with Gasteiger partial charge in [0.2, 0.25) is 11.8 Å². The highest BCUT2D eigenvalue weighted by atomic mass is 35.5. The Balaban J connectivity index is 0.00000196. The Morgan fingerprint density at radius 3 is 2.73 bits per heavy atom. The standard InChI is InChI=1S/C18H27N5O2.ClH/c24-16(21-13-3-1-2-4-13)12-23-11-14(10-20-23)22-17(25)15-9-18(15)5-7-19-8-6-18;/h10-11,13,15,19H,1-9,12H2,(H,21,24)(H,22,25);1H. The lowest BCUT2D eigenvalue weighted by Crippen LogP contribution is -2.35. The molecule has 0 radical (unpaired) electrons. The van der Waals surface area contributed by atoms with Crippen molar-refractivity contribution in [3.63, 3.8) is 0 Å². The molecule has 2 aliphatic carbocycles. The Kier molecular flexibility index (Phi) is 5.87. The molecule has 1 aromatic rings. The molecule has 3 aliphatic rings. The number of aromatic nitrogens is 2. The molecule has 8 heteroatoms. The summed E-state index contributed by atoms with van der Waals surface area (Å²) in [6, 6.07) is 0.318. The summed E-state index contributed by atoms with van der Waals surface area (Å²) < 4.78 is 1.59. The van der Waals surface area contributed by atoms with Crippen LogP contribution in [0.1, 0.15) is 44.9 Å². The normalized spacial score (nSPS) is 24.1. The van der Waals surface area contributed by atoms with Crippen molar-refractivity contribution in [3.05, 3.63) is 12.4 Å². The first-order valence-corrected chi connectivity index (χ1v) is 9.48. The highest BCUT2D eigenvalue weighted by Gasteiger charge is 2.57. The summed E-state index contributed by atoms with van der Waals surface area (Å²) in [5, 5.41) is 13.6. The summed E-state index contributed by atoms with van der Waals surface area (Å²) in [6.07, 6.45) is 11.1. The second-order valence-corrected chi connectivity index (χ2v) is 7.83. The third-order valence-electron chi connectivity index (χ3n) is 6.03. The second-order valence-electron chi connectivity index (χ2n) is 7.83. The lowest BCUT2D eigenvalue weighted by atomic mass is 9.92. The van der Waals surface area contributed by atoms with Crippen molar-refractivity contribution in [2.75, 3.05) is 18.4 Å². The first-order valence-electron chi connectivity index (χ1n) is 9.48. The lowest BCUT2D eigenvalue weighted by Gasteiger charge is -2.23. The molecule has 1 unspecified atom stereocenters. The quantitative estimate of drug-likeness (QED) is 0.724. The van der Waals surface area contributed by atoms with Crippen LogP contribution >= 0.6 is 12.4 Å². The Hall–Kier alpha value is -1.60. The van der Waals surface area contributed by atoms with Gasteiger partial charge in [0.05, 0.1) is 11.9 Å². The molecule has 1 atom stereocenters. The van der Waals surface area contributed by atoms with E-state index in [1.165, 1.54) is 12.8 Å². The zero-order chi connectivity index (χ0) is 17.3. The van der Waals surface area contributed by atoms with Crippen LogP contribution in [0.3, 0.4) is 0 Å². The third-order valence-corrected chi connectivity index (χ3v) is 6.03. The van der Waals surface area contributed by atoms with Crippen molar-refractivity contribution in [2.45, 2.75) is 57.5 Å². The molecule has 26 heavy (non-hydrogen) atoms. The fourth-order valence-electron chi connectivity index (χ4n) is 4.43. The fraction of sp³-hybridized carbons (Fsp3) is 0.722. The zero-order valence-corrected chi connectivity index (χ0v) is 15.8. The molecule has 2 heterocycles. The Bertz CT molecular complexity index is 650. The number of rotatable bonds is 5. The van der Waals surface area contributed by atoms with Gasteiger partial charge in [0.15, 0.2) is 0 Å². The number of hydrogen-bond donors (Lipinski definition) is 3. The summed E-state index contributed by atoms with van der Waals surface area (Å²) in [5.41, 5.74) is 0.904. The van der Waals surface area contributed by atoms with Crippen LogP contribution in [0.15, 0.2) is 12.4 Å². The molecule has 3 N–H and O–H groups in total. The molecule has 0 bridgehead atoms. The maximum atomic E-state index is 12.5. The molecule has 144 valence electrons. The zero-order valence-electron chi connectivity index (χ0n) is 15.0. The van der Waals surface area contributed by atoms with E-state index in [9.17, 15) is 9.59 Å². The van der Waals surface area contributed by atoms with Crippen LogP contribution < -0.4 is 16.0 Å². The van der Waals surface area contributed by atoms with E-state index in [2.05, 4.69) is 21.0 Å². The van der Waals surface area contributed by atoms with Crippen molar-refractivity contribution < 1.29 is 9.59 Å². The maximum Gasteiger partial charge on any atom is 0.241 e. The number of carbonyl (C=O) groups is 2. The van der Waals surface area contributed by atoms with Gasteiger partial charge in [-0.2, -0.15) is 5.10 Å². The SMILES string of the molecule is Cl.O=C(Cn1cc(NC(=O)C2CC23CCNCC3)cn1)NC1CCCC1. The minimum atomic E-state index is -0.0104. The van der Waals surface area contributed by atoms with Crippen molar-refractivity contribution in [1.29, 1.82) is 0 Å². The first kappa shape index (κ1) is 19.2. The topological polar surface area (TPSA) is 88.1 Å². The van der Waals surface area contributed by atoms with Crippen LogP contribution in [-0.2, 0) is 16.1 Å². The highest BCUT2D eigenvalue weighted by molar-refractivity contribution is 5.95. The van der Waals surface area contributed by atoms with E-state index in [-0.39, 0.29) is 42.1 Å². The molecule has 1 spiro atoms. The molecule has 4 rings (SSSR count). The third kappa shape index (κ3) is 4.20. The monoisotopic (exact) mass is 381 g/mol. The largest absolute Gasteiger partial charge is 0.352 e. The van der Waals surface area contributed by atoms with Crippen molar-refractivity contribution in [2.24, 2.45) is 11.3 Å². The van der Waals surface area contributed by atoms with Crippen molar-refractivity contribution >= 4 is 29.9 Å². The fourth-order valence-corrected chi connectivity index (χ4v) is 4.43.